The Morgan fingerprint density at radius 2 is 0.495 bits per heavy atom. The molecule has 0 radical (unpaired) electrons. The molecule has 0 aliphatic heterocycles. The number of aryl methyl sites for hydroxylation is 19. The lowest BCUT2D eigenvalue weighted by Crippen LogP contribution is -2.32. The van der Waals surface area contributed by atoms with E-state index in [1.807, 2.05) is 247 Å². The Labute approximate surface area is 641 Å². The zero-order valence-corrected chi connectivity index (χ0v) is 68.0. The van der Waals surface area contributed by atoms with Crippen molar-refractivity contribution in [1.29, 1.82) is 0 Å². The molecule has 0 saturated carbocycles. The molecule has 0 unspecified atom stereocenters. The van der Waals surface area contributed by atoms with Gasteiger partial charge >= 0.3 is 0 Å². The molecule has 0 bridgehead atoms. The van der Waals surface area contributed by atoms with Gasteiger partial charge in [-0.25, -0.2) is 44.8 Å². The summed E-state index contributed by atoms with van der Waals surface area (Å²) in [5.74, 6) is -0.593. The second-order valence-corrected chi connectivity index (χ2v) is 30.3. The predicted molar refractivity (Wildman–Crippen MR) is 443 cm³/mol. The highest BCUT2D eigenvalue weighted by molar-refractivity contribution is 5.99. The van der Waals surface area contributed by atoms with E-state index < -0.39 is 0 Å². The van der Waals surface area contributed by atoms with E-state index in [0.29, 0.717) is 33.4 Å². The second kappa shape index (κ2) is 32.0. The number of benzene rings is 10. The molecule has 5 nitrogen and oxygen atoms in total. The lowest BCUT2D eigenvalue weighted by Gasteiger charge is -2.13. The first kappa shape index (κ1) is 79.0. The van der Waals surface area contributed by atoms with Crippen molar-refractivity contribution in [2.45, 2.75) is 132 Å². The van der Waals surface area contributed by atoms with Crippen molar-refractivity contribution in [1.82, 2.24) is 0 Å². The minimum absolute atomic E-state index is 0.118. The highest BCUT2D eigenvalue weighted by atomic mass is 19.1. The first-order valence-corrected chi connectivity index (χ1v) is 37.4. The van der Waals surface area contributed by atoms with Crippen molar-refractivity contribution < 1.29 is 44.8 Å². The second-order valence-electron chi connectivity index (χ2n) is 30.3. The van der Waals surface area contributed by atoms with Crippen molar-refractivity contribution in [2.75, 3.05) is 0 Å². The van der Waals surface area contributed by atoms with Crippen molar-refractivity contribution in [3.63, 3.8) is 0 Å². The van der Waals surface area contributed by atoms with Gasteiger partial charge in [-0.1, -0.05) is 114 Å². The van der Waals surface area contributed by atoms with Crippen molar-refractivity contribution in [3.8, 4) is 56.3 Å². The van der Waals surface area contributed by atoms with E-state index in [0.717, 1.165) is 149 Å². The summed E-state index contributed by atoms with van der Waals surface area (Å²) in [5, 5.41) is 11.2. The van der Waals surface area contributed by atoms with Crippen LogP contribution in [0.15, 0.2) is 189 Å². The average molecular weight is 1460 g/mol. The van der Waals surface area contributed by atoms with Crippen molar-refractivity contribution >= 4 is 53.9 Å². The fourth-order valence-electron chi connectivity index (χ4n) is 15.7. The summed E-state index contributed by atoms with van der Waals surface area (Å²) in [6, 6.07) is 53.2. The maximum absolute atomic E-state index is 14.9. The molecule has 0 saturated heterocycles. The molecule has 0 aliphatic rings. The minimum atomic E-state index is -0.120. The smallest absolute Gasteiger partial charge is 0.206 e. The summed E-state index contributed by atoms with van der Waals surface area (Å²) < 4.78 is 84.6. The largest absolute Gasteiger partial charge is 0.223 e. The Morgan fingerprint density at radius 3 is 0.917 bits per heavy atom. The van der Waals surface area contributed by atoms with E-state index in [-0.39, 0.29) is 29.1 Å². The molecule has 0 spiro atoms. The Morgan fingerprint density at radius 1 is 0.202 bits per heavy atom. The van der Waals surface area contributed by atoms with Gasteiger partial charge in [0.1, 0.15) is 64.3 Å². The van der Waals surface area contributed by atoms with Crippen LogP contribution >= 0.6 is 0 Å². The molecule has 10 heteroatoms. The van der Waals surface area contributed by atoms with Crippen LogP contribution in [-0.4, -0.2) is 0 Å². The molecule has 0 amide bonds. The zero-order chi connectivity index (χ0) is 79.2. The van der Waals surface area contributed by atoms with Crippen molar-refractivity contribution in [3.05, 3.63) is 324 Å². The first-order valence-electron chi connectivity index (χ1n) is 37.4. The van der Waals surface area contributed by atoms with Gasteiger partial charge < -0.3 is 0 Å². The van der Waals surface area contributed by atoms with Crippen LogP contribution in [0, 0.1) is 161 Å². The topological polar surface area (TPSA) is 19.4 Å². The maximum Gasteiger partial charge on any atom is 0.223 e. The summed E-state index contributed by atoms with van der Waals surface area (Å²) in [6.45, 7) is 37.7. The van der Waals surface area contributed by atoms with E-state index in [4.69, 9.17) is 0 Å². The summed E-state index contributed by atoms with van der Waals surface area (Å²) in [5.41, 5.74) is 27.2. The molecule has 109 heavy (non-hydrogen) atoms. The molecule has 5 heterocycles. The zero-order valence-electron chi connectivity index (χ0n) is 68.0. The number of halogens is 5. The van der Waals surface area contributed by atoms with Crippen LogP contribution in [0.2, 0.25) is 0 Å². The van der Waals surface area contributed by atoms with Gasteiger partial charge in [0.2, 0.25) is 28.5 Å². The fourth-order valence-corrected chi connectivity index (χ4v) is 15.7. The summed E-state index contributed by atoms with van der Waals surface area (Å²) in [7, 11) is 9.90. The monoisotopic (exact) mass is 1460 g/mol. The van der Waals surface area contributed by atoms with Crippen LogP contribution in [0.1, 0.15) is 106 Å². The lowest BCUT2D eigenvalue weighted by molar-refractivity contribution is -0.659. The van der Waals surface area contributed by atoms with E-state index in [2.05, 4.69) is 131 Å². The Balaban J connectivity index is 0.000000135. The maximum atomic E-state index is 14.9. The molecule has 0 N–H and O–H groups in total. The van der Waals surface area contributed by atoms with Crippen LogP contribution in [0.3, 0.4) is 0 Å². The van der Waals surface area contributed by atoms with E-state index in [1.54, 1.807) is 0 Å². The van der Waals surface area contributed by atoms with Gasteiger partial charge in [-0.2, -0.15) is 0 Å². The van der Waals surface area contributed by atoms with Gasteiger partial charge in [-0.05, 0) is 278 Å². The molecule has 15 aromatic rings. The van der Waals surface area contributed by atoms with Crippen LogP contribution in [0.25, 0.3) is 110 Å². The third kappa shape index (κ3) is 15.3. The minimum Gasteiger partial charge on any atom is -0.206 e. The van der Waals surface area contributed by atoms with Crippen LogP contribution < -0.4 is 22.8 Å². The molecule has 0 atom stereocenters. The standard InChI is InChI=1S/4C20H21FN.C19H19FN/c1-12-6-7-17-16(10-12)8-9-22(5)20(17)18-15(4)13(2)11-14(3)19(18)21;1-12-6-7-16-8-9-22(5)20(17(16)10-12)18-15(4)13(2)11-14(3)19(18)21;1-12-7-6-8-17-16(12)9-10-22(5)20(17)18-15(4)13(2)11-14(3)19(18)21;1-12-10-13(2)19(21)18(15(12)4)20-17-9-7-6-8-16(17)14(3)11-22(20)5;1-12-11-13(2)18(20)17(14(12)3)19-16-8-6-5-7-15(16)9-10-21(19)4/h4*6-11H,1-5H3;5-11H,1-4H3/q5*+1. The number of rotatable bonds is 5. The molecule has 554 valence electrons. The van der Waals surface area contributed by atoms with Crippen LogP contribution in [0.5, 0.6) is 0 Å². The average Bonchev–Trinajstić information content (AvgIpc) is 0.763. The fraction of sp³-hybridized carbons (Fsp3) is 0.242. The number of nitrogens with zero attached hydrogens (tertiary/aromatic N) is 5. The lowest BCUT2D eigenvalue weighted by atomic mass is 9.93. The first-order chi connectivity index (χ1) is 51.6. The number of hydrogen-bond donors (Lipinski definition) is 0. The Hall–Kier alpha value is -11.1. The summed E-state index contributed by atoms with van der Waals surface area (Å²) >= 11 is 0. The molecule has 10 aromatic carbocycles. The number of fused-ring (bicyclic) bond motifs is 5. The molecule has 0 aliphatic carbocycles. The summed E-state index contributed by atoms with van der Waals surface area (Å²) in [4.78, 5) is 0. The van der Waals surface area contributed by atoms with Crippen molar-refractivity contribution in [2.24, 2.45) is 35.2 Å². The van der Waals surface area contributed by atoms with Gasteiger partial charge in [0.25, 0.3) is 0 Å². The SMILES string of the molecule is Cc1cc(C)c(F)c(-c2c3cccc(C)c3cc[n+]2C)c1C.Cc1cc(C)c(F)c(-c2c3ccccc3c(C)c[n+]2C)c1C.Cc1cc(C)c(F)c(-c2c3ccccc3cc[n+]2C)c1C.Cc1ccc2c(-c3c(C)c(C)cc(C)c3F)[n+](C)ccc2c1.Cc1ccc2cc[n+](C)c(-c3c(C)c(C)cc(C)c3F)c2c1. The van der Waals surface area contributed by atoms with Gasteiger partial charge in [-0.3, -0.25) is 0 Å². The molecule has 5 aromatic heterocycles. The highest BCUT2D eigenvalue weighted by Crippen LogP contribution is 2.40. The van der Waals surface area contributed by atoms with Gasteiger partial charge in [0.05, 0.1) is 54.7 Å². The molecule has 15 rings (SSSR count). The van der Waals surface area contributed by atoms with E-state index in [9.17, 15) is 22.0 Å². The molecular weight excluding hydrogens is 1350 g/mol. The van der Waals surface area contributed by atoms with Gasteiger partial charge in [0.15, 0.2) is 31.0 Å². The Bertz CT molecular complexity index is 5840. The normalized spacial score (nSPS) is 11.2. The van der Waals surface area contributed by atoms with E-state index >= 15 is 0 Å². The van der Waals surface area contributed by atoms with Crippen LogP contribution in [0.4, 0.5) is 22.0 Å². The molecular formula is C99H103F5N5+5. The van der Waals surface area contributed by atoms with E-state index in [1.165, 1.54) is 33.0 Å². The number of hydrogen-bond acceptors (Lipinski definition) is 0. The Kier molecular flexibility index (Phi) is 23.2. The highest BCUT2D eigenvalue weighted by Gasteiger charge is 2.30. The van der Waals surface area contributed by atoms with Crippen LogP contribution in [-0.2, 0) is 35.2 Å². The quantitative estimate of drug-likeness (QED) is 0.121. The predicted octanol–water partition coefficient (Wildman–Crippen LogP) is 23.2. The number of aromatic nitrogens is 5. The van der Waals surface area contributed by atoms with Gasteiger partial charge in [-0.15, -0.1) is 0 Å². The number of pyridine rings is 5. The molecule has 0 fully saturated rings. The van der Waals surface area contributed by atoms with Gasteiger partial charge in [0, 0.05) is 29.8 Å². The summed E-state index contributed by atoms with van der Waals surface area (Å²) in [6.07, 6.45) is 10.1. The third-order valence-electron chi connectivity index (χ3n) is 22.4. The third-order valence-corrected chi connectivity index (χ3v) is 22.4.